The summed E-state index contributed by atoms with van der Waals surface area (Å²) in [5.74, 6) is 0.283. The molecule has 5 atom stereocenters. The zero-order valence-corrected chi connectivity index (χ0v) is 20.4. The Morgan fingerprint density at radius 1 is 1.15 bits per heavy atom. The van der Waals surface area contributed by atoms with Crippen LogP contribution in [-0.2, 0) is 13.8 Å². The molecule has 0 aliphatic carbocycles. The monoisotopic (exact) mass is 486 g/mol. The second-order valence-electron chi connectivity index (χ2n) is 8.66. The number of hydrogen-bond donors (Lipinski definition) is 5. The van der Waals surface area contributed by atoms with Gasteiger partial charge >= 0.3 is 7.60 Å². The van der Waals surface area contributed by atoms with E-state index in [1.54, 1.807) is 44.5 Å². The predicted molar refractivity (Wildman–Crippen MR) is 122 cm³/mol. The number of nitrogens with two attached hydrogens (primary N) is 1. The van der Waals surface area contributed by atoms with Crippen LogP contribution >= 0.6 is 7.60 Å². The minimum absolute atomic E-state index is 0.0408. The average molecular weight is 487 g/mol. The molecule has 3 heterocycles. The van der Waals surface area contributed by atoms with Crippen LogP contribution in [0.2, 0.25) is 0 Å². The minimum Gasteiger partial charge on any atom is -0.388 e. The molecule has 186 valence electrons. The van der Waals surface area contributed by atoms with Crippen molar-refractivity contribution in [2.24, 2.45) is 0 Å². The van der Waals surface area contributed by atoms with Gasteiger partial charge in [0.25, 0.3) is 0 Å². The van der Waals surface area contributed by atoms with Crippen molar-refractivity contribution < 1.29 is 34.0 Å². The second kappa shape index (κ2) is 9.58. The Bertz CT molecular complexity index is 1010. The summed E-state index contributed by atoms with van der Waals surface area (Å²) < 4.78 is 26.5. The highest BCUT2D eigenvalue weighted by Gasteiger charge is 2.52. The zero-order valence-electron chi connectivity index (χ0n) is 19.5. The van der Waals surface area contributed by atoms with Gasteiger partial charge in [-0.2, -0.15) is 0 Å². The van der Waals surface area contributed by atoms with Crippen molar-refractivity contribution in [3.05, 3.63) is 18.6 Å². The summed E-state index contributed by atoms with van der Waals surface area (Å²) >= 11 is 0. The average Bonchev–Trinajstić information content (AvgIpc) is 3.35. The number of rotatable bonds is 10. The van der Waals surface area contributed by atoms with Crippen LogP contribution in [0, 0.1) is 0 Å². The Hall–Kier alpha value is -1.59. The van der Waals surface area contributed by atoms with Gasteiger partial charge in [0.15, 0.2) is 11.6 Å². The van der Waals surface area contributed by atoms with Crippen LogP contribution in [0.5, 0.6) is 0 Å². The summed E-state index contributed by atoms with van der Waals surface area (Å²) in [4.78, 5) is 18.8. The molecular weight excluding hydrogens is 451 g/mol. The Morgan fingerprint density at radius 2 is 1.79 bits per heavy atom. The first kappa shape index (κ1) is 26.0. The highest BCUT2D eigenvalue weighted by Crippen LogP contribution is 2.61. The molecule has 0 radical (unpaired) electrons. The number of nitrogens with zero attached hydrogens (tertiary/aromatic N) is 3. The summed E-state index contributed by atoms with van der Waals surface area (Å²) in [5.41, 5.74) is 5.18. The van der Waals surface area contributed by atoms with Crippen LogP contribution in [0.15, 0.2) is 18.6 Å². The van der Waals surface area contributed by atoms with Gasteiger partial charge < -0.3 is 35.3 Å². The van der Waals surface area contributed by atoms with Gasteiger partial charge in [-0.1, -0.05) is 27.7 Å². The quantitative estimate of drug-likeness (QED) is 0.314. The number of ether oxygens (including phenoxy) is 1. The van der Waals surface area contributed by atoms with E-state index in [1.165, 1.54) is 6.33 Å². The standard InChI is InChI=1S/C21H35N4O7P/c1-5-20(6-2,32-33(29,30)21(28,7-3)8-4)11-14-15(26)16(27)19(31-14)25-10-9-13-17(22)23-12-24-18(13)25/h9-10,12,14-16,19,26-28H,5-8,11H2,1-4H3,(H,29,30)(H2,22,23,24)/t14?,15?,16-,19-/m1/s1. The first-order valence-corrected chi connectivity index (χ1v) is 12.9. The van der Waals surface area contributed by atoms with Crippen molar-refractivity contribution in [2.45, 2.75) is 95.3 Å². The van der Waals surface area contributed by atoms with E-state index < -0.39 is 43.1 Å². The summed E-state index contributed by atoms with van der Waals surface area (Å²) in [5, 5.41) is 30.9. The van der Waals surface area contributed by atoms with E-state index in [0.717, 1.165) is 0 Å². The van der Waals surface area contributed by atoms with Gasteiger partial charge in [0, 0.05) is 12.6 Å². The SMILES string of the molecule is CCC(CC)(CC1O[C@@H](n2ccc3c(N)ncnc32)[C@H](O)C1O)OP(=O)(O)C(O)(CC)CC. The Morgan fingerprint density at radius 3 is 2.36 bits per heavy atom. The fourth-order valence-electron chi connectivity index (χ4n) is 4.39. The van der Waals surface area contributed by atoms with Gasteiger partial charge in [-0.05, 0) is 31.7 Å². The lowest BCUT2D eigenvalue weighted by atomic mass is 9.88. The van der Waals surface area contributed by atoms with E-state index in [9.17, 15) is 24.8 Å². The maximum atomic E-state index is 13.1. The normalized spacial score (nSPS) is 26.1. The molecule has 2 aromatic heterocycles. The molecule has 33 heavy (non-hydrogen) atoms. The lowest BCUT2D eigenvalue weighted by molar-refractivity contribution is -0.0760. The zero-order chi connectivity index (χ0) is 24.6. The van der Waals surface area contributed by atoms with Gasteiger partial charge in [-0.3, -0.25) is 9.09 Å². The molecule has 1 fully saturated rings. The first-order chi connectivity index (χ1) is 15.5. The van der Waals surface area contributed by atoms with Gasteiger partial charge in [-0.25, -0.2) is 9.97 Å². The fraction of sp³-hybridized carbons (Fsp3) is 0.714. The number of aliphatic hydroxyl groups is 3. The Labute approximate surface area is 193 Å². The summed E-state index contributed by atoms with van der Waals surface area (Å²) in [7, 11) is -4.44. The molecule has 1 saturated heterocycles. The van der Waals surface area contributed by atoms with Gasteiger partial charge in [0.05, 0.1) is 17.1 Å². The Balaban J connectivity index is 1.87. The molecule has 1 aliphatic rings. The molecule has 6 N–H and O–H groups in total. The largest absolute Gasteiger partial charge is 0.388 e. The molecule has 0 saturated carbocycles. The van der Waals surface area contributed by atoms with E-state index >= 15 is 0 Å². The number of aromatic nitrogens is 3. The molecule has 0 aromatic carbocycles. The molecule has 3 rings (SSSR count). The molecule has 0 amide bonds. The van der Waals surface area contributed by atoms with Crippen molar-refractivity contribution in [3.8, 4) is 0 Å². The Kier molecular flexibility index (Phi) is 7.55. The van der Waals surface area contributed by atoms with Crippen molar-refractivity contribution in [3.63, 3.8) is 0 Å². The van der Waals surface area contributed by atoms with Crippen molar-refractivity contribution in [1.29, 1.82) is 0 Å². The predicted octanol–water partition coefficient (Wildman–Crippen LogP) is 2.29. The van der Waals surface area contributed by atoms with Crippen LogP contribution in [0.25, 0.3) is 11.0 Å². The highest BCUT2D eigenvalue weighted by molar-refractivity contribution is 7.54. The molecular formula is C21H35N4O7P. The maximum absolute atomic E-state index is 13.1. The molecule has 1 aliphatic heterocycles. The van der Waals surface area contributed by atoms with E-state index in [-0.39, 0.29) is 25.1 Å². The smallest absolute Gasteiger partial charge is 0.359 e. The number of nitrogen functional groups attached to an aromatic ring is 1. The van der Waals surface area contributed by atoms with Crippen LogP contribution in [0.4, 0.5) is 5.82 Å². The molecule has 0 bridgehead atoms. The topological polar surface area (TPSA) is 173 Å². The highest BCUT2D eigenvalue weighted by atomic mass is 31.2. The number of hydrogen-bond acceptors (Lipinski definition) is 9. The van der Waals surface area contributed by atoms with Crippen molar-refractivity contribution in [1.82, 2.24) is 14.5 Å². The summed E-state index contributed by atoms with van der Waals surface area (Å²) in [6, 6.07) is 1.70. The number of aliphatic hydroxyl groups excluding tert-OH is 2. The first-order valence-electron chi connectivity index (χ1n) is 11.3. The van der Waals surface area contributed by atoms with Crippen LogP contribution in [0.3, 0.4) is 0 Å². The molecule has 12 heteroatoms. The molecule has 0 spiro atoms. The van der Waals surface area contributed by atoms with E-state index in [4.69, 9.17) is 15.0 Å². The van der Waals surface area contributed by atoms with Gasteiger partial charge in [0.1, 0.15) is 30.0 Å². The van der Waals surface area contributed by atoms with Crippen LogP contribution in [0.1, 0.15) is 66.0 Å². The second-order valence-corrected chi connectivity index (χ2v) is 10.7. The maximum Gasteiger partial charge on any atom is 0.359 e. The lowest BCUT2D eigenvalue weighted by Gasteiger charge is -2.40. The van der Waals surface area contributed by atoms with Crippen molar-refractivity contribution >= 4 is 24.4 Å². The summed E-state index contributed by atoms with van der Waals surface area (Å²) in [6.07, 6.45) is -0.637. The van der Waals surface area contributed by atoms with E-state index in [2.05, 4.69) is 9.97 Å². The van der Waals surface area contributed by atoms with Crippen molar-refractivity contribution in [2.75, 3.05) is 5.73 Å². The third-order valence-corrected chi connectivity index (χ3v) is 9.31. The summed E-state index contributed by atoms with van der Waals surface area (Å²) in [6.45, 7) is 6.85. The lowest BCUT2D eigenvalue weighted by Crippen LogP contribution is -2.42. The molecule has 11 nitrogen and oxygen atoms in total. The number of anilines is 1. The van der Waals surface area contributed by atoms with E-state index in [0.29, 0.717) is 23.9 Å². The van der Waals surface area contributed by atoms with Crippen LogP contribution in [-0.4, -0.2) is 64.0 Å². The van der Waals surface area contributed by atoms with E-state index in [1.807, 2.05) is 0 Å². The fourth-order valence-corrected chi connectivity index (χ4v) is 6.22. The van der Waals surface area contributed by atoms with Gasteiger partial charge in [0.2, 0.25) is 0 Å². The minimum atomic E-state index is -4.44. The molecule has 3 unspecified atom stereocenters. The van der Waals surface area contributed by atoms with Crippen LogP contribution < -0.4 is 5.73 Å². The third kappa shape index (κ3) is 4.55. The van der Waals surface area contributed by atoms with Gasteiger partial charge in [-0.15, -0.1) is 0 Å². The number of fused-ring (bicyclic) bond motifs is 1. The third-order valence-electron chi connectivity index (χ3n) is 6.99. The molecule has 2 aromatic rings.